The van der Waals surface area contributed by atoms with Gasteiger partial charge in [-0.25, -0.2) is 0 Å². The van der Waals surface area contributed by atoms with E-state index in [1.54, 1.807) is 13.2 Å². The van der Waals surface area contributed by atoms with Crippen molar-refractivity contribution >= 4 is 6.29 Å². The van der Waals surface area contributed by atoms with Crippen LogP contribution in [0, 0.1) is 0 Å². The molecule has 33 heavy (non-hydrogen) atoms. The molecule has 0 radical (unpaired) electrons. The van der Waals surface area contributed by atoms with Crippen LogP contribution in [0.25, 0.3) is 0 Å². The van der Waals surface area contributed by atoms with Gasteiger partial charge in [0.15, 0.2) is 6.29 Å². The predicted molar refractivity (Wildman–Crippen MR) is 126 cm³/mol. The molecule has 0 aromatic heterocycles. The van der Waals surface area contributed by atoms with Crippen LogP contribution in [0.3, 0.4) is 0 Å². The van der Waals surface area contributed by atoms with Crippen molar-refractivity contribution < 1.29 is 23.7 Å². The summed E-state index contributed by atoms with van der Waals surface area (Å²) in [5.74, 6) is 0.551. The molecule has 0 unspecified atom stereocenters. The summed E-state index contributed by atoms with van der Waals surface area (Å²) in [6.45, 7) is 2.98. The van der Waals surface area contributed by atoms with Gasteiger partial charge < -0.3 is 18.9 Å². The number of carbonyl (C=O) groups excluding carboxylic acids is 1. The van der Waals surface area contributed by atoms with E-state index in [2.05, 4.69) is 12.1 Å². The van der Waals surface area contributed by atoms with Crippen LogP contribution >= 0.6 is 0 Å². The molecular weight excluding hydrogens is 416 g/mol. The normalized spacial score (nSPS) is 22.6. The molecule has 1 aliphatic heterocycles. The number of benzene rings is 3. The highest BCUT2D eigenvalue weighted by atomic mass is 16.6. The van der Waals surface area contributed by atoms with E-state index in [4.69, 9.17) is 18.9 Å². The summed E-state index contributed by atoms with van der Waals surface area (Å²) in [4.78, 5) is 11.5. The van der Waals surface area contributed by atoms with Gasteiger partial charge in [0.05, 0.1) is 44.2 Å². The Balaban J connectivity index is 1.55. The van der Waals surface area contributed by atoms with E-state index >= 15 is 0 Å². The molecule has 0 spiro atoms. The van der Waals surface area contributed by atoms with Crippen LogP contribution < -0.4 is 4.74 Å². The Kier molecular flexibility index (Phi) is 7.89. The molecule has 1 heterocycles. The van der Waals surface area contributed by atoms with Crippen molar-refractivity contribution in [3.63, 3.8) is 0 Å². The lowest BCUT2D eigenvalue weighted by Crippen LogP contribution is -2.47. The second kappa shape index (κ2) is 11.2. The van der Waals surface area contributed by atoms with Crippen LogP contribution in [-0.2, 0) is 27.4 Å². The smallest absolute Gasteiger partial charge is 0.153 e. The summed E-state index contributed by atoms with van der Waals surface area (Å²) in [5, 5.41) is 0. The maximum Gasteiger partial charge on any atom is 0.153 e. The monoisotopic (exact) mass is 446 g/mol. The molecule has 0 saturated carbocycles. The van der Waals surface area contributed by atoms with E-state index in [1.807, 2.05) is 67.6 Å². The molecule has 4 atom stereocenters. The summed E-state index contributed by atoms with van der Waals surface area (Å²) < 4.78 is 24.7. The first-order valence-corrected chi connectivity index (χ1v) is 11.3. The van der Waals surface area contributed by atoms with Crippen LogP contribution in [0.15, 0.2) is 78.9 Å². The Morgan fingerprint density at radius 1 is 0.879 bits per heavy atom. The highest BCUT2D eigenvalue weighted by Crippen LogP contribution is 2.39. The molecule has 1 fully saturated rings. The number of para-hydroxylation sites is 1. The number of hydrogen-bond acceptors (Lipinski definition) is 5. The Morgan fingerprint density at radius 2 is 1.52 bits per heavy atom. The first kappa shape index (κ1) is 23.2. The molecule has 0 bridgehead atoms. The number of hydrogen-bond donors (Lipinski definition) is 0. The third-order valence-corrected chi connectivity index (χ3v) is 6.00. The largest absolute Gasteiger partial charge is 0.496 e. The second-order valence-corrected chi connectivity index (χ2v) is 8.25. The quantitative estimate of drug-likeness (QED) is 0.405. The van der Waals surface area contributed by atoms with Gasteiger partial charge in [-0.3, -0.25) is 4.79 Å². The van der Waals surface area contributed by atoms with Crippen LogP contribution in [0.4, 0.5) is 0 Å². The first-order valence-electron chi connectivity index (χ1n) is 11.3. The van der Waals surface area contributed by atoms with Crippen molar-refractivity contribution in [3.8, 4) is 5.75 Å². The standard InChI is InChI=1S/C28H30O5/c1-20-27(32-19-22-12-7-4-8-13-22)26(31-18-21-10-5-3-6-11-21)16-25(33-20)24-15-9-14-23(17-29)28(24)30-2/h3-15,17,20,25-27H,16,18-19H2,1-2H3/t20-,25+,26+,27+/m0/s1. The minimum Gasteiger partial charge on any atom is -0.496 e. The summed E-state index contributed by atoms with van der Waals surface area (Å²) in [5.41, 5.74) is 3.57. The fourth-order valence-corrected chi connectivity index (χ4v) is 4.35. The minimum absolute atomic E-state index is 0.188. The van der Waals surface area contributed by atoms with Gasteiger partial charge in [0.25, 0.3) is 0 Å². The van der Waals surface area contributed by atoms with E-state index in [9.17, 15) is 4.79 Å². The summed E-state index contributed by atoms with van der Waals surface area (Å²) in [6.07, 6.45) is 0.502. The zero-order valence-corrected chi connectivity index (χ0v) is 19.1. The first-order chi connectivity index (χ1) is 16.2. The maximum atomic E-state index is 11.5. The third-order valence-electron chi connectivity index (χ3n) is 6.00. The fraction of sp³-hybridized carbons (Fsp3) is 0.321. The summed E-state index contributed by atoms with van der Waals surface area (Å²) in [7, 11) is 1.58. The molecule has 3 aromatic rings. The van der Waals surface area contributed by atoms with E-state index in [1.165, 1.54) is 0 Å². The third kappa shape index (κ3) is 5.69. The van der Waals surface area contributed by atoms with Crippen molar-refractivity contribution in [2.75, 3.05) is 7.11 Å². The molecule has 4 rings (SSSR count). The highest BCUT2D eigenvalue weighted by Gasteiger charge is 2.39. The van der Waals surface area contributed by atoms with Gasteiger partial charge in [-0.05, 0) is 24.1 Å². The highest BCUT2D eigenvalue weighted by molar-refractivity contribution is 5.80. The van der Waals surface area contributed by atoms with Crippen LogP contribution in [0.5, 0.6) is 5.75 Å². The number of ether oxygens (including phenoxy) is 4. The Hall–Kier alpha value is -2.99. The Bertz CT molecular complexity index is 1020. The minimum atomic E-state index is -0.271. The number of carbonyl (C=O) groups is 1. The zero-order chi connectivity index (χ0) is 23.0. The zero-order valence-electron chi connectivity index (χ0n) is 19.1. The van der Waals surface area contributed by atoms with Gasteiger partial charge in [-0.15, -0.1) is 0 Å². The van der Waals surface area contributed by atoms with Gasteiger partial charge in [-0.1, -0.05) is 72.8 Å². The molecule has 0 aliphatic carbocycles. The number of methoxy groups -OCH3 is 1. The molecule has 3 aromatic carbocycles. The molecule has 172 valence electrons. The lowest BCUT2D eigenvalue weighted by molar-refractivity contribution is -0.204. The van der Waals surface area contributed by atoms with Crippen molar-refractivity contribution in [2.45, 2.75) is 51.0 Å². The Morgan fingerprint density at radius 3 is 2.12 bits per heavy atom. The average Bonchev–Trinajstić information content (AvgIpc) is 2.87. The molecule has 0 N–H and O–H groups in total. The molecule has 1 saturated heterocycles. The fourth-order valence-electron chi connectivity index (χ4n) is 4.35. The van der Waals surface area contributed by atoms with E-state index in [0.29, 0.717) is 30.9 Å². The van der Waals surface area contributed by atoms with E-state index < -0.39 is 0 Å². The number of aldehydes is 1. The van der Waals surface area contributed by atoms with Crippen molar-refractivity contribution in [2.24, 2.45) is 0 Å². The second-order valence-electron chi connectivity index (χ2n) is 8.25. The van der Waals surface area contributed by atoms with Gasteiger partial charge >= 0.3 is 0 Å². The summed E-state index contributed by atoms with van der Waals surface area (Å²) >= 11 is 0. The summed E-state index contributed by atoms with van der Waals surface area (Å²) in [6, 6.07) is 25.8. The number of rotatable bonds is 9. The van der Waals surface area contributed by atoms with Gasteiger partial charge in [0.2, 0.25) is 0 Å². The van der Waals surface area contributed by atoms with Gasteiger partial charge in [0.1, 0.15) is 11.9 Å². The molecule has 5 nitrogen and oxygen atoms in total. The van der Waals surface area contributed by atoms with Crippen LogP contribution in [0.1, 0.15) is 46.5 Å². The predicted octanol–water partition coefficient (Wildman–Crippen LogP) is 5.53. The van der Waals surface area contributed by atoms with E-state index in [0.717, 1.165) is 23.0 Å². The van der Waals surface area contributed by atoms with Crippen molar-refractivity contribution in [3.05, 3.63) is 101 Å². The SMILES string of the molecule is COc1c(C=O)cccc1[C@H]1C[C@@H](OCc2ccccc2)[C@H](OCc2ccccc2)[C@H](C)O1. The maximum absolute atomic E-state index is 11.5. The van der Waals surface area contributed by atoms with Gasteiger partial charge in [-0.2, -0.15) is 0 Å². The van der Waals surface area contributed by atoms with E-state index in [-0.39, 0.29) is 24.4 Å². The lowest BCUT2D eigenvalue weighted by Gasteiger charge is -2.41. The van der Waals surface area contributed by atoms with Crippen LogP contribution in [-0.4, -0.2) is 31.7 Å². The molecule has 1 aliphatic rings. The molecular formula is C28H30O5. The van der Waals surface area contributed by atoms with Gasteiger partial charge in [0, 0.05) is 12.0 Å². The van der Waals surface area contributed by atoms with Crippen LogP contribution in [0.2, 0.25) is 0 Å². The topological polar surface area (TPSA) is 54.0 Å². The van der Waals surface area contributed by atoms with Crippen molar-refractivity contribution in [1.82, 2.24) is 0 Å². The molecule has 5 heteroatoms. The average molecular weight is 447 g/mol. The lowest BCUT2D eigenvalue weighted by atomic mass is 9.92. The molecule has 0 amide bonds. The van der Waals surface area contributed by atoms with Crippen molar-refractivity contribution in [1.29, 1.82) is 0 Å². The Labute approximate surface area is 195 Å².